The Morgan fingerprint density at radius 1 is 1.17 bits per heavy atom. The summed E-state index contributed by atoms with van der Waals surface area (Å²) in [6, 6.07) is 14.1. The summed E-state index contributed by atoms with van der Waals surface area (Å²) < 4.78 is 11.6. The van der Waals surface area contributed by atoms with Crippen LogP contribution in [-0.2, 0) is 0 Å². The maximum Gasteiger partial charge on any atom is 0.319 e. The lowest BCUT2D eigenvalue weighted by atomic mass is 10.1. The Balaban J connectivity index is 1.44. The fourth-order valence-corrected chi connectivity index (χ4v) is 3.21. The van der Waals surface area contributed by atoms with Crippen LogP contribution >= 0.6 is 0 Å². The van der Waals surface area contributed by atoms with E-state index in [9.17, 15) is 9.59 Å². The second-order valence-electron chi connectivity index (χ2n) is 7.40. The molecule has 0 aliphatic heterocycles. The van der Waals surface area contributed by atoms with Crippen molar-refractivity contribution in [3.63, 3.8) is 0 Å². The third-order valence-corrected chi connectivity index (χ3v) is 4.90. The second-order valence-corrected chi connectivity index (χ2v) is 7.40. The molecule has 1 atom stereocenters. The van der Waals surface area contributed by atoms with Crippen LogP contribution in [0.3, 0.4) is 0 Å². The number of rotatable bonds is 7. The van der Waals surface area contributed by atoms with E-state index in [-0.39, 0.29) is 24.0 Å². The van der Waals surface area contributed by atoms with Gasteiger partial charge in [0.2, 0.25) is 0 Å². The lowest BCUT2D eigenvalue weighted by molar-refractivity contribution is 0.0935. The topological polar surface area (TPSA) is 92.6 Å². The number of hydrogen-bond acceptors (Lipinski definition) is 4. The van der Waals surface area contributed by atoms with Crippen LogP contribution in [0.2, 0.25) is 0 Å². The van der Waals surface area contributed by atoms with E-state index in [1.54, 1.807) is 24.3 Å². The van der Waals surface area contributed by atoms with Crippen LogP contribution in [0.1, 0.15) is 48.8 Å². The molecule has 156 valence electrons. The van der Waals surface area contributed by atoms with Crippen molar-refractivity contribution in [2.45, 2.75) is 38.8 Å². The number of benzene rings is 2. The van der Waals surface area contributed by atoms with Gasteiger partial charge in [-0.05, 0) is 57.0 Å². The molecule has 3 N–H and O–H groups in total. The largest absolute Gasteiger partial charge is 0.490 e. The number of amides is 3. The molecule has 7 nitrogen and oxygen atoms in total. The van der Waals surface area contributed by atoms with Crippen molar-refractivity contribution in [2.24, 2.45) is 0 Å². The van der Waals surface area contributed by atoms with Crippen molar-refractivity contribution in [1.82, 2.24) is 10.6 Å². The van der Waals surface area contributed by atoms with Crippen molar-refractivity contribution < 1.29 is 18.7 Å². The normalized spacial score (nSPS) is 14.2. The first-order chi connectivity index (χ1) is 14.5. The third-order valence-electron chi connectivity index (χ3n) is 4.90. The zero-order valence-corrected chi connectivity index (χ0v) is 17.0. The molecule has 1 saturated carbocycles. The molecule has 4 rings (SSSR count). The summed E-state index contributed by atoms with van der Waals surface area (Å²) in [5.41, 5.74) is 1.69. The molecule has 1 aliphatic rings. The van der Waals surface area contributed by atoms with Gasteiger partial charge in [-0.3, -0.25) is 4.79 Å². The molecule has 1 aromatic heterocycles. The molecule has 1 fully saturated rings. The summed E-state index contributed by atoms with van der Waals surface area (Å²) >= 11 is 0. The predicted octanol–water partition coefficient (Wildman–Crippen LogP) is 4.61. The Labute approximate surface area is 174 Å². The van der Waals surface area contributed by atoms with E-state index >= 15 is 0 Å². The first kappa shape index (κ1) is 19.8. The zero-order valence-electron chi connectivity index (χ0n) is 17.0. The minimum atomic E-state index is -0.339. The lowest BCUT2D eigenvalue weighted by Crippen LogP contribution is -2.30. The first-order valence-electron chi connectivity index (χ1n) is 10.2. The van der Waals surface area contributed by atoms with Crippen molar-refractivity contribution >= 4 is 28.6 Å². The molecular formula is C23H25N3O4. The fraction of sp³-hybridized carbons (Fsp3) is 0.304. The summed E-state index contributed by atoms with van der Waals surface area (Å²) in [5.74, 6) is 1.07. The fourth-order valence-electron chi connectivity index (χ4n) is 3.21. The van der Waals surface area contributed by atoms with Crippen molar-refractivity contribution in [3.8, 4) is 5.75 Å². The van der Waals surface area contributed by atoms with Gasteiger partial charge in [0.25, 0.3) is 5.91 Å². The van der Waals surface area contributed by atoms with Crippen LogP contribution in [0.4, 0.5) is 10.5 Å². The molecule has 30 heavy (non-hydrogen) atoms. The van der Waals surface area contributed by atoms with E-state index < -0.39 is 0 Å². The Morgan fingerprint density at radius 2 is 1.97 bits per heavy atom. The summed E-state index contributed by atoms with van der Waals surface area (Å²) in [5, 5.41) is 9.49. The molecule has 0 radical (unpaired) electrons. The molecule has 3 amide bonds. The maximum atomic E-state index is 12.7. The molecular weight excluding hydrogens is 382 g/mol. The number of nitrogens with one attached hydrogen (secondary N) is 3. The van der Waals surface area contributed by atoms with Gasteiger partial charge in [0.1, 0.15) is 5.76 Å². The highest BCUT2D eigenvalue weighted by molar-refractivity contribution is 5.97. The van der Waals surface area contributed by atoms with Crippen LogP contribution in [0.15, 0.2) is 52.9 Å². The number of para-hydroxylation sites is 1. The average molecular weight is 407 g/mol. The molecule has 1 unspecified atom stereocenters. The first-order valence-corrected chi connectivity index (χ1v) is 10.2. The van der Waals surface area contributed by atoms with Gasteiger partial charge < -0.3 is 25.1 Å². The van der Waals surface area contributed by atoms with E-state index in [4.69, 9.17) is 9.15 Å². The Hall–Kier alpha value is -3.48. The van der Waals surface area contributed by atoms with Gasteiger partial charge in [-0.15, -0.1) is 0 Å². The maximum absolute atomic E-state index is 12.7. The Kier molecular flexibility index (Phi) is 5.61. The summed E-state index contributed by atoms with van der Waals surface area (Å²) in [6.07, 6.45) is 2.03. The smallest absolute Gasteiger partial charge is 0.319 e. The quantitative estimate of drug-likeness (QED) is 0.533. The van der Waals surface area contributed by atoms with Gasteiger partial charge in [0.15, 0.2) is 11.3 Å². The summed E-state index contributed by atoms with van der Waals surface area (Å²) in [7, 11) is 0. The number of ether oxygens (including phenoxy) is 1. The monoisotopic (exact) mass is 407 g/mol. The second kappa shape index (κ2) is 8.49. The number of hydrogen-bond donors (Lipinski definition) is 3. The van der Waals surface area contributed by atoms with Gasteiger partial charge in [0, 0.05) is 22.7 Å². The molecule has 7 heteroatoms. The van der Waals surface area contributed by atoms with Crippen molar-refractivity contribution in [2.75, 3.05) is 11.9 Å². The zero-order chi connectivity index (χ0) is 21.1. The molecule has 1 heterocycles. The SMILES string of the molecule is CCOc1cccc2cc(C(C)NC(=O)c3cccc(NC(=O)NC4CC4)c3)oc12. The van der Waals surface area contributed by atoms with E-state index in [0.717, 1.165) is 18.2 Å². The molecule has 0 bridgehead atoms. The molecule has 1 aliphatic carbocycles. The number of furan rings is 1. The number of anilines is 1. The summed E-state index contributed by atoms with van der Waals surface area (Å²) in [6.45, 7) is 4.33. The minimum Gasteiger partial charge on any atom is -0.490 e. The van der Waals surface area contributed by atoms with E-state index in [1.807, 2.05) is 38.1 Å². The van der Waals surface area contributed by atoms with E-state index in [0.29, 0.717) is 35.0 Å². The van der Waals surface area contributed by atoms with Gasteiger partial charge in [-0.1, -0.05) is 18.2 Å². The van der Waals surface area contributed by atoms with Gasteiger partial charge in [-0.2, -0.15) is 0 Å². The van der Waals surface area contributed by atoms with Crippen molar-refractivity contribution in [3.05, 3.63) is 59.9 Å². The molecule has 0 saturated heterocycles. The van der Waals surface area contributed by atoms with Crippen molar-refractivity contribution in [1.29, 1.82) is 0 Å². The average Bonchev–Trinajstić information content (AvgIpc) is 3.42. The number of fused-ring (bicyclic) bond motifs is 1. The molecule has 2 aromatic carbocycles. The number of carbonyl (C=O) groups excluding carboxylic acids is 2. The standard InChI is InChI=1S/C23H25N3O4/c1-3-29-19-9-5-6-15-13-20(30-21(15)19)14(2)24-22(27)16-7-4-8-18(12-16)26-23(28)25-17-10-11-17/h4-9,12-14,17H,3,10-11H2,1-2H3,(H,24,27)(H2,25,26,28). The van der Waals surface area contributed by atoms with Crippen LogP contribution in [0.5, 0.6) is 5.75 Å². The van der Waals surface area contributed by atoms with Gasteiger partial charge in [0.05, 0.1) is 12.6 Å². The molecule has 3 aromatic rings. The molecule has 0 spiro atoms. The highest BCUT2D eigenvalue weighted by Crippen LogP contribution is 2.31. The number of urea groups is 1. The summed E-state index contributed by atoms with van der Waals surface area (Å²) in [4.78, 5) is 24.7. The van der Waals surface area contributed by atoms with Crippen LogP contribution in [-0.4, -0.2) is 24.6 Å². The Morgan fingerprint density at radius 3 is 2.73 bits per heavy atom. The number of carbonyl (C=O) groups is 2. The highest BCUT2D eigenvalue weighted by atomic mass is 16.5. The lowest BCUT2D eigenvalue weighted by Gasteiger charge is -2.12. The van der Waals surface area contributed by atoms with E-state index in [2.05, 4.69) is 16.0 Å². The van der Waals surface area contributed by atoms with Gasteiger partial charge in [-0.25, -0.2) is 4.79 Å². The predicted molar refractivity (Wildman–Crippen MR) is 115 cm³/mol. The Bertz CT molecular complexity index is 1070. The minimum absolute atomic E-state index is 0.251. The van der Waals surface area contributed by atoms with Crippen LogP contribution in [0, 0.1) is 0 Å². The van der Waals surface area contributed by atoms with Crippen LogP contribution < -0.4 is 20.7 Å². The van der Waals surface area contributed by atoms with E-state index in [1.165, 1.54) is 0 Å². The highest BCUT2D eigenvalue weighted by Gasteiger charge is 2.23. The third kappa shape index (κ3) is 4.56. The van der Waals surface area contributed by atoms with Crippen LogP contribution in [0.25, 0.3) is 11.0 Å². The van der Waals surface area contributed by atoms with Gasteiger partial charge >= 0.3 is 6.03 Å².